The summed E-state index contributed by atoms with van der Waals surface area (Å²) >= 11 is 0. The first-order valence-electron chi connectivity index (χ1n) is 9.91. The summed E-state index contributed by atoms with van der Waals surface area (Å²) in [4.78, 5) is 0. The second-order valence-electron chi connectivity index (χ2n) is 6.42. The standard InChI is InChI=1S/C23H26N3O3P/c1-3-28-30(27,29-4-2)23(19-11-7-5-8-12-19)24-20-15-17-22(18-16-20)26-25-21-13-9-6-10-14-21/h5-18,23-24H,3-4H2,1-2H3. The fourth-order valence-electron chi connectivity index (χ4n) is 2.92. The van der Waals surface area contributed by atoms with Crippen LogP contribution in [0.4, 0.5) is 17.1 Å². The van der Waals surface area contributed by atoms with Crippen molar-refractivity contribution >= 4 is 24.7 Å². The van der Waals surface area contributed by atoms with Crippen molar-refractivity contribution < 1.29 is 13.6 Å². The van der Waals surface area contributed by atoms with Crippen LogP contribution >= 0.6 is 7.60 Å². The van der Waals surface area contributed by atoms with E-state index in [9.17, 15) is 4.57 Å². The summed E-state index contributed by atoms with van der Waals surface area (Å²) in [6, 6.07) is 26.5. The summed E-state index contributed by atoms with van der Waals surface area (Å²) in [6.45, 7) is 4.20. The zero-order chi connectivity index (χ0) is 21.2. The molecule has 1 N–H and O–H groups in total. The molecule has 0 aliphatic carbocycles. The van der Waals surface area contributed by atoms with Gasteiger partial charge in [-0.3, -0.25) is 4.57 Å². The van der Waals surface area contributed by atoms with Crippen LogP contribution in [0.1, 0.15) is 25.2 Å². The van der Waals surface area contributed by atoms with Gasteiger partial charge in [0.1, 0.15) is 0 Å². The molecule has 3 aromatic carbocycles. The van der Waals surface area contributed by atoms with Gasteiger partial charge in [0.15, 0.2) is 5.78 Å². The first-order valence-corrected chi connectivity index (χ1v) is 11.5. The van der Waals surface area contributed by atoms with E-state index in [0.717, 1.165) is 22.6 Å². The van der Waals surface area contributed by atoms with E-state index in [1.807, 2.05) is 84.9 Å². The number of azo groups is 1. The van der Waals surface area contributed by atoms with Gasteiger partial charge in [0.2, 0.25) is 0 Å². The number of anilines is 1. The maximum absolute atomic E-state index is 13.5. The molecule has 0 fully saturated rings. The van der Waals surface area contributed by atoms with E-state index in [4.69, 9.17) is 9.05 Å². The lowest BCUT2D eigenvalue weighted by Gasteiger charge is -2.28. The second-order valence-corrected chi connectivity index (χ2v) is 8.53. The van der Waals surface area contributed by atoms with E-state index in [-0.39, 0.29) is 0 Å². The Kier molecular flexibility index (Phi) is 7.91. The number of hydrogen-bond acceptors (Lipinski definition) is 6. The first kappa shape index (κ1) is 21.9. The molecule has 0 bridgehead atoms. The summed E-state index contributed by atoms with van der Waals surface area (Å²) in [7, 11) is -3.43. The molecule has 0 saturated carbocycles. The summed E-state index contributed by atoms with van der Waals surface area (Å²) in [5.41, 5.74) is 3.12. The minimum atomic E-state index is -3.43. The fraction of sp³-hybridized carbons (Fsp3) is 0.217. The molecule has 1 atom stereocenters. The highest BCUT2D eigenvalue weighted by Gasteiger charge is 2.36. The smallest absolute Gasteiger partial charge is 0.357 e. The summed E-state index contributed by atoms with van der Waals surface area (Å²) < 4.78 is 24.7. The van der Waals surface area contributed by atoms with Gasteiger partial charge in [0, 0.05) is 5.69 Å². The van der Waals surface area contributed by atoms with E-state index in [1.54, 1.807) is 13.8 Å². The Labute approximate surface area is 177 Å². The van der Waals surface area contributed by atoms with Gasteiger partial charge in [-0.25, -0.2) is 0 Å². The Morgan fingerprint density at radius 2 is 1.27 bits per heavy atom. The van der Waals surface area contributed by atoms with E-state index < -0.39 is 13.4 Å². The average molecular weight is 423 g/mol. The summed E-state index contributed by atoms with van der Waals surface area (Å²) in [6.07, 6.45) is 0. The van der Waals surface area contributed by atoms with Crippen LogP contribution in [-0.4, -0.2) is 13.2 Å². The lowest BCUT2D eigenvalue weighted by atomic mass is 10.2. The molecule has 0 aliphatic rings. The fourth-order valence-corrected chi connectivity index (χ4v) is 4.86. The van der Waals surface area contributed by atoms with Crippen LogP contribution in [0.3, 0.4) is 0 Å². The molecule has 30 heavy (non-hydrogen) atoms. The SMILES string of the molecule is CCOP(=O)(OCC)C(Nc1ccc(N=Nc2ccccc2)cc1)c1ccccc1. The predicted molar refractivity (Wildman–Crippen MR) is 121 cm³/mol. The molecule has 0 radical (unpaired) electrons. The van der Waals surface area contributed by atoms with Crippen LogP contribution in [0.15, 0.2) is 95.2 Å². The van der Waals surface area contributed by atoms with E-state index >= 15 is 0 Å². The minimum absolute atomic E-state index is 0.293. The highest BCUT2D eigenvalue weighted by Crippen LogP contribution is 2.60. The Balaban J connectivity index is 1.82. The number of benzene rings is 3. The quantitative estimate of drug-likeness (QED) is 0.271. The monoisotopic (exact) mass is 423 g/mol. The lowest BCUT2D eigenvalue weighted by Crippen LogP contribution is -2.15. The van der Waals surface area contributed by atoms with E-state index in [1.165, 1.54) is 0 Å². The molecule has 0 aliphatic heterocycles. The van der Waals surface area contributed by atoms with Crippen molar-refractivity contribution in [1.82, 2.24) is 0 Å². The molecule has 1 unspecified atom stereocenters. The van der Waals surface area contributed by atoms with E-state index in [0.29, 0.717) is 13.2 Å². The predicted octanol–water partition coefficient (Wildman–Crippen LogP) is 7.48. The lowest BCUT2D eigenvalue weighted by molar-refractivity contribution is 0.214. The van der Waals surface area contributed by atoms with Gasteiger partial charge in [-0.05, 0) is 55.8 Å². The maximum Gasteiger partial charge on any atom is 0.357 e. The minimum Gasteiger partial charge on any atom is -0.368 e. The summed E-state index contributed by atoms with van der Waals surface area (Å²) in [5, 5.41) is 11.8. The van der Waals surface area contributed by atoms with Crippen molar-refractivity contribution in [1.29, 1.82) is 0 Å². The van der Waals surface area contributed by atoms with Crippen molar-refractivity contribution in [3.63, 3.8) is 0 Å². The largest absolute Gasteiger partial charge is 0.368 e. The molecule has 156 valence electrons. The molecule has 0 spiro atoms. The maximum atomic E-state index is 13.5. The topological polar surface area (TPSA) is 72.3 Å². The zero-order valence-electron chi connectivity index (χ0n) is 17.1. The van der Waals surface area contributed by atoms with Crippen LogP contribution in [0, 0.1) is 0 Å². The van der Waals surface area contributed by atoms with Gasteiger partial charge in [0.05, 0.1) is 24.6 Å². The van der Waals surface area contributed by atoms with Crippen molar-refractivity contribution in [3.05, 3.63) is 90.5 Å². The van der Waals surface area contributed by atoms with Gasteiger partial charge in [-0.1, -0.05) is 48.5 Å². The third kappa shape index (κ3) is 5.86. The van der Waals surface area contributed by atoms with Crippen molar-refractivity contribution in [2.24, 2.45) is 10.2 Å². The average Bonchev–Trinajstić information content (AvgIpc) is 2.78. The third-order valence-corrected chi connectivity index (χ3v) is 6.55. The van der Waals surface area contributed by atoms with E-state index in [2.05, 4.69) is 15.5 Å². The molecule has 7 heteroatoms. The van der Waals surface area contributed by atoms with Crippen LogP contribution in [-0.2, 0) is 13.6 Å². The number of rotatable bonds is 10. The normalized spacial score (nSPS) is 12.7. The Bertz CT molecular complexity index is 970. The highest BCUT2D eigenvalue weighted by molar-refractivity contribution is 7.54. The number of nitrogens with one attached hydrogen (secondary N) is 1. The van der Waals surface area contributed by atoms with Crippen LogP contribution in [0.25, 0.3) is 0 Å². The molecule has 3 aromatic rings. The third-order valence-electron chi connectivity index (χ3n) is 4.26. The first-order chi connectivity index (χ1) is 14.6. The summed E-state index contributed by atoms with van der Waals surface area (Å²) in [5.74, 6) is -0.629. The molecular weight excluding hydrogens is 397 g/mol. The molecule has 0 aromatic heterocycles. The molecule has 6 nitrogen and oxygen atoms in total. The molecule has 3 rings (SSSR count). The van der Waals surface area contributed by atoms with Crippen molar-refractivity contribution in [2.45, 2.75) is 19.6 Å². The van der Waals surface area contributed by atoms with Gasteiger partial charge in [0.25, 0.3) is 0 Å². The van der Waals surface area contributed by atoms with Crippen LogP contribution in [0.5, 0.6) is 0 Å². The number of nitrogens with zero attached hydrogens (tertiary/aromatic N) is 2. The van der Waals surface area contributed by atoms with Crippen LogP contribution in [0.2, 0.25) is 0 Å². The van der Waals surface area contributed by atoms with Crippen molar-refractivity contribution in [2.75, 3.05) is 18.5 Å². The molecule has 0 heterocycles. The van der Waals surface area contributed by atoms with Gasteiger partial charge >= 0.3 is 7.60 Å². The second kappa shape index (κ2) is 10.8. The molecule has 0 saturated heterocycles. The Morgan fingerprint density at radius 3 is 1.80 bits per heavy atom. The van der Waals surface area contributed by atoms with Gasteiger partial charge < -0.3 is 14.4 Å². The Hall–Kier alpha value is -2.79. The van der Waals surface area contributed by atoms with Crippen molar-refractivity contribution in [3.8, 4) is 0 Å². The van der Waals surface area contributed by atoms with Gasteiger partial charge in [-0.2, -0.15) is 10.2 Å². The number of hydrogen-bond donors (Lipinski definition) is 1. The highest BCUT2D eigenvalue weighted by atomic mass is 31.2. The Morgan fingerprint density at radius 1 is 0.767 bits per heavy atom. The van der Waals surface area contributed by atoms with Crippen LogP contribution < -0.4 is 5.32 Å². The molecular formula is C23H26N3O3P. The zero-order valence-corrected chi connectivity index (χ0v) is 18.0. The molecule has 0 amide bonds. The van der Waals surface area contributed by atoms with Gasteiger partial charge in [-0.15, -0.1) is 0 Å².